The van der Waals surface area contributed by atoms with Gasteiger partial charge in [-0.25, -0.2) is 4.79 Å². The normalized spacial score (nSPS) is 17.3. The molecular formula is C17H17BrClN3O. The lowest BCUT2D eigenvalue weighted by molar-refractivity contribution is 0.192. The maximum atomic E-state index is 12.5. The molecule has 120 valence electrons. The van der Waals surface area contributed by atoms with Crippen LogP contribution in [0.25, 0.3) is 0 Å². The summed E-state index contributed by atoms with van der Waals surface area (Å²) in [6, 6.07) is 9.68. The third-order valence-electron chi connectivity index (χ3n) is 4.05. The summed E-state index contributed by atoms with van der Waals surface area (Å²) in [6.45, 7) is 1.19. The largest absolute Gasteiger partial charge is 0.334 e. The average Bonchev–Trinajstić information content (AvgIpc) is 3.04. The molecule has 1 aromatic carbocycles. The number of carbonyl (C=O) groups excluding carboxylic acids is 1. The first-order chi connectivity index (χ1) is 11.1. The summed E-state index contributed by atoms with van der Waals surface area (Å²) in [6.07, 6.45) is 5.53. The average molecular weight is 395 g/mol. The van der Waals surface area contributed by atoms with Gasteiger partial charge in [-0.3, -0.25) is 4.98 Å². The Morgan fingerprint density at radius 2 is 2.13 bits per heavy atom. The Hall–Kier alpha value is -1.59. The lowest BCUT2D eigenvalue weighted by atomic mass is 10.1. The van der Waals surface area contributed by atoms with E-state index in [0.717, 1.165) is 35.0 Å². The Bertz CT molecular complexity index is 695. The molecule has 2 amide bonds. The standard InChI is InChI=1S/C17H17BrClN3O/c18-14-4-3-13(15(19)10-14)11-21-17(23)22-9-1-2-16(22)12-5-7-20-8-6-12/h3-8,10,16H,1-2,9,11H2,(H,21,23). The predicted molar refractivity (Wildman–Crippen MR) is 94.3 cm³/mol. The molecule has 1 saturated heterocycles. The van der Waals surface area contributed by atoms with E-state index in [-0.39, 0.29) is 12.1 Å². The van der Waals surface area contributed by atoms with Crippen molar-refractivity contribution in [2.24, 2.45) is 0 Å². The zero-order valence-corrected chi connectivity index (χ0v) is 14.8. The fourth-order valence-electron chi connectivity index (χ4n) is 2.88. The molecule has 0 saturated carbocycles. The molecule has 3 rings (SSSR count). The van der Waals surface area contributed by atoms with Crippen molar-refractivity contribution < 1.29 is 4.79 Å². The maximum Gasteiger partial charge on any atom is 0.318 e. The fourth-order valence-corrected chi connectivity index (χ4v) is 3.62. The topological polar surface area (TPSA) is 45.2 Å². The van der Waals surface area contributed by atoms with Gasteiger partial charge in [-0.15, -0.1) is 0 Å². The first-order valence-electron chi connectivity index (χ1n) is 7.53. The molecule has 0 radical (unpaired) electrons. The Morgan fingerprint density at radius 3 is 2.87 bits per heavy atom. The molecule has 23 heavy (non-hydrogen) atoms. The number of nitrogens with one attached hydrogen (secondary N) is 1. The third kappa shape index (κ3) is 3.85. The predicted octanol–water partition coefficient (Wildman–Crippen LogP) is 4.54. The van der Waals surface area contributed by atoms with Crippen molar-refractivity contribution in [3.8, 4) is 0 Å². The van der Waals surface area contributed by atoms with Crippen molar-refractivity contribution in [1.29, 1.82) is 0 Å². The molecule has 2 aromatic rings. The van der Waals surface area contributed by atoms with Crippen molar-refractivity contribution in [1.82, 2.24) is 15.2 Å². The van der Waals surface area contributed by atoms with Crippen LogP contribution in [0.15, 0.2) is 47.2 Å². The van der Waals surface area contributed by atoms with E-state index in [2.05, 4.69) is 26.2 Å². The second-order valence-electron chi connectivity index (χ2n) is 5.53. The molecule has 0 spiro atoms. The van der Waals surface area contributed by atoms with E-state index in [1.54, 1.807) is 12.4 Å². The van der Waals surface area contributed by atoms with Crippen molar-refractivity contribution >= 4 is 33.6 Å². The zero-order chi connectivity index (χ0) is 16.2. The molecule has 1 aromatic heterocycles. The van der Waals surface area contributed by atoms with Crippen LogP contribution in [0.3, 0.4) is 0 Å². The van der Waals surface area contributed by atoms with E-state index in [9.17, 15) is 4.79 Å². The molecule has 1 fully saturated rings. The second-order valence-corrected chi connectivity index (χ2v) is 6.85. The Labute approximate surface area is 149 Å². The SMILES string of the molecule is O=C(NCc1ccc(Br)cc1Cl)N1CCCC1c1ccncc1. The van der Waals surface area contributed by atoms with E-state index < -0.39 is 0 Å². The third-order valence-corrected chi connectivity index (χ3v) is 4.89. The fraction of sp³-hybridized carbons (Fsp3) is 0.294. The van der Waals surface area contributed by atoms with Gasteiger partial charge >= 0.3 is 6.03 Å². The van der Waals surface area contributed by atoms with E-state index in [0.29, 0.717) is 11.6 Å². The van der Waals surface area contributed by atoms with Crippen molar-refractivity contribution in [2.45, 2.75) is 25.4 Å². The maximum absolute atomic E-state index is 12.5. The van der Waals surface area contributed by atoms with Gasteiger partial charge in [0, 0.05) is 35.0 Å². The van der Waals surface area contributed by atoms with Crippen molar-refractivity contribution in [3.05, 3.63) is 63.3 Å². The summed E-state index contributed by atoms with van der Waals surface area (Å²) < 4.78 is 0.926. The van der Waals surface area contributed by atoms with E-state index in [1.807, 2.05) is 35.2 Å². The number of halogens is 2. The molecule has 6 heteroatoms. The van der Waals surface area contributed by atoms with Crippen LogP contribution in [0.2, 0.25) is 5.02 Å². The van der Waals surface area contributed by atoms with Gasteiger partial charge in [0.1, 0.15) is 0 Å². The zero-order valence-electron chi connectivity index (χ0n) is 12.5. The van der Waals surface area contributed by atoms with Gasteiger partial charge in [-0.05, 0) is 48.2 Å². The summed E-state index contributed by atoms with van der Waals surface area (Å²) in [5.41, 5.74) is 2.04. The highest BCUT2D eigenvalue weighted by Crippen LogP contribution is 2.31. The van der Waals surface area contributed by atoms with Crippen LogP contribution in [0, 0.1) is 0 Å². The molecule has 1 atom stereocenters. The molecule has 1 aliphatic heterocycles. The highest BCUT2D eigenvalue weighted by molar-refractivity contribution is 9.10. The number of carbonyl (C=O) groups is 1. The molecule has 2 heterocycles. The summed E-state index contributed by atoms with van der Waals surface area (Å²) in [5, 5.41) is 3.62. The van der Waals surface area contributed by atoms with Crippen molar-refractivity contribution in [2.75, 3.05) is 6.54 Å². The van der Waals surface area contributed by atoms with Gasteiger partial charge in [-0.1, -0.05) is 33.6 Å². The van der Waals surface area contributed by atoms with E-state index >= 15 is 0 Å². The molecule has 1 aliphatic rings. The lowest BCUT2D eigenvalue weighted by Crippen LogP contribution is -2.39. The van der Waals surface area contributed by atoms with Crippen LogP contribution in [-0.4, -0.2) is 22.5 Å². The van der Waals surface area contributed by atoms with Gasteiger partial charge in [0.2, 0.25) is 0 Å². The summed E-state index contributed by atoms with van der Waals surface area (Å²) >= 11 is 9.57. The number of urea groups is 1. The Balaban J connectivity index is 1.65. The second kappa shape index (κ2) is 7.32. The minimum Gasteiger partial charge on any atom is -0.334 e. The number of likely N-dealkylation sites (tertiary alicyclic amines) is 1. The van der Waals surface area contributed by atoms with Gasteiger partial charge in [0.05, 0.1) is 6.04 Å². The minimum atomic E-state index is -0.0525. The molecule has 0 bridgehead atoms. The monoisotopic (exact) mass is 393 g/mol. The van der Waals surface area contributed by atoms with Crippen LogP contribution in [0.1, 0.15) is 30.0 Å². The Morgan fingerprint density at radius 1 is 1.35 bits per heavy atom. The number of rotatable bonds is 3. The first-order valence-corrected chi connectivity index (χ1v) is 8.70. The smallest absolute Gasteiger partial charge is 0.318 e. The number of hydrogen-bond acceptors (Lipinski definition) is 2. The van der Waals surface area contributed by atoms with Crippen LogP contribution < -0.4 is 5.32 Å². The highest BCUT2D eigenvalue weighted by atomic mass is 79.9. The van der Waals surface area contributed by atoms with Crippen LogP contribution in [0.4, 0.5) is 4.79 Å². The highest BCUT2D eigenvalue weighted by Gasteiger charge is 2.29. The Kier molecular flexibility index (Phi) is 5.18. The number of hydrogen-bond donors (Lipinski definition) is 1. The van der Waals surface area contributed by atoms with Gasteiger partial charge in [0.15, 0.2) is 0 Å². The number of nitrogens with zero attached hydrogens (tertiary/aromatic N) is 2. The van der Waals surface area contributed by atoms with Crippen LogP contribution in [0.5, 0.6) is 0 Å². The van der Waals surface area contributed by atoms with Gasteiger partial charge in [-0.2, -0.15) is 0 Å². The van der Waals surface area contributed by atoms with Crippen LogP contribution >= 0.6 is 27.5 Å². The van der Waals surface area contributed by atoms with Gasteiger partial charge < -0.3 is 10.2 Å². The number of amides is 2. The van der Waals surface area contributed by atoms with E-state index in [1.165, 1.54) is 0 Å². The molecule has 1 unspecified atom stereocenters. The lowest BCUT2D eigenvalue weighted by Gasteiger charge is -2.25. The summed E-state index contributed by atoms with van der Waals surface area (Å²) in [7, 11) is 0. The molecule has 4 nitrogen and oxygen atoms in total. The minimum absolute atomic E-state index is 0.0525. The number of benzene rings is 1. The molecular weight excluding hydrogens is 378 g/mol. The molecule has 1 N–H and O–H groups in total. The summed E-state index contributed by atoms with van der Waals surface area (Å²) in [5.74, 6) is 0. The number of aromatic nitrogens is 1. The quantitative estimate of drug-likeness (QED) is 0.830. The molecule has 0 aliphatic carbocycles. The van der Waals surface area contributed by atoms with Crippen LogP contribution in [-0.2, 0) is 6.54 Å². The van der Waals surface area contributed by atoms with E-state index in [4.69, 9.17) is 11.6 Å². The summed E-state index contributed by atoms with van der Waals surface area (Å²) in [4.78, 5) is 18.5. The number of pyridine rings is 1. The van der Waals surface area contributed by atoms with Gasteiger partial charge in [0.25, 0.3) is 0 Å². The first kappa shape index (κ1) is 16.3. The van der Waals surface area contributed by atoms with Crippen molar-refractivity contribution in [3.63, 3.8) is 0 Å².